The van der Waals surface area contributed by atoms with Crippen molar-refractivity contribution in [3.05, 3.63) is 65.1 Å². The molecular formula is C19H20N6O. The smallest absolute Gasteiger partial charge is 0.266 e. The number of pyridine rings is 1. The first-order valence-electron chi connectivity index (χ1n) is 8.74. The maximum absolute atomic E-state index is 12.3. The van der Waals surface area contributed by atoms with Gasteiger partial charge in [-0.3, -0.25) is 9.78 Å². The molecule has 1 fully saturated rings. The summed E-state index contributed by atoms with van der Waals surface area (Å²) < 4.78 is 1.56. The number of rotatable bonds is 4. The summed E-state index contributed by atoms with van der Waals surface area (Å²) in [6.07, 6.45) is 7.13. The first-order valence-corrected chi connectivity index (χ1v) is 8.74. The summed E-state index contributed by atoms with van der Waals surface area (Å²) in [5.41, 5.74) is 2.57. The molecule has 0 aliphatic carbocycles. The Morgan fingerprint density at radius 3 is 2.81 bits per heavy atom. The highest BCUT2D eigenvalue weighted by atomic mass is 16.1. The maximum atomic E-state index is 12.3. The van der Waals surface area contributed by atoms with Gasteiger partial charge in [-0.2, -0.15) is 5.10 Å². The second-order valence-electron chi connectivity index (χ2n) is 6.48. The third kappa shape index (κ3) is 3.33. The van der Waals surface area contributed by atoms with Crippen molar-refractivity contribution in [2.45, 2.75) is 32.4 Å². The highest BCUT2D eigenvalue weighted by Gasteiger charge is 2.26. The standard InChI is InChI=1S/C19H20N6O/c1-14-11-18(22-13-21-14)24-10-2-3-16(24)12-25-19(26)5-4-17(23-25)15-6-8-20-9-7-15/h4-9,11,13,16H,2-3,10,12H2,1H3. The molecule has 26 heavy (non-hydrogen) atoms. The number of hydrogen-bond acceptors (Lipinski definition) is 6. The Balaban J connectivity index is 1.61. The monoisotopic (exact) mass is 348 g/mol. The van der Waals surface area contributed by atoms with Crippen LogP contribution in [0.4, 0.5) is 5.82 Å². The average Bonchev–Trinajstić information content (AvgIpc) is 3.12. The van der Waals surface area contributed by atoms with Crippen molar-refractivity contribution in [2.75, 3.05) is 11.4 Å². The zero-order valence-electron chi connectivity index (χ0n) is 14.6. The Labute approximate surface area is 151 Å². The van der Waals surface area contributed by atoms with Gasteiger partial charge in [0.1, 0.15) is 12.1 Å². The fraction of sp³-hybridized carbons (Fsp3) is 0.316. The Morgan fingerprint density at radius 2 is 2.00 bits per heavy atom. The van der Waals surface area contributed by atoms with E-state index in [4.69, 9.17) is 0 Å². The van der Waals surface area contributed by atoms with Crippen LogP contribution in [0.15, 0.2) is 53.8 Å². The van der Waals surface area contributed by atoms with Crippen LogP contribution in [0.25, 0.3) is 11.3 Å². The third-order valence-electron chi connectivity index (χ3n) is 4.69. The minimum Gasteiger partial charge on any atom is -0.352 e. The molecule has 0 saturated carbocycles. The largest absolute Gasteiger partial charge is 0.352 e. The van der Waals surface area contributed by atoms with Gasteiger partial charge in [0.15, 0.2) is 0 Å². The van der Waals surface area contributed by atoms with Gasteiger partial charge < -0.3 is 4.90 Å². The number of hydrogen-bond donors (Lipinski definition) is 0. The van der Waals surface area contributed by atoms with Crippen LogP contribution >= 0.6 is 0 Å². The second kappa shape index (κ2) is 7.03. The van der Waals surface area contributed by atoms with Crippen molar-refractivity contribution in [3.8, 4) is 11.3 Å². The molecule has 0 spiro atoms. The van der Waals surface area contributed by atoms with Crippen molar-refractivity contribution in [1.82, 2.24) is 24.7 Å². The Kier molecular flexibility index (Phi) is 4.43. The molecule has 1 atom stereocenters. The van der Waals surface area contributed by atoms with Gasteiger partial charge in [0.25, 0.3) is 5.56 Å². The summed E-state index contributed by atoms with van der Waals surface area (Å²) in [5.74, 6) is 0.915. The topological polar surface area (TPSA) is 76.8 Å². The van der Waals surface area contributed by atoms with E-state index < -0.39 is 0 Å². The summed E-state index contributed by atoms with van der Waals surface area (Å²) in [6.45, 7) is 3.43. The molecule has 0 N–H and O–H groups in total. The molecule has 7 nitrogen and oxygen atoms in total. The SMILES string of the molecule is Cc1cc(N2CCCC2Cn2nc(-c3ccncc3)ccc2=O)ncn1. The van der Waals surface area contributed by atoms with Crippen LogP contribution < -0.4 is 10.5 Å². The van der Waals surface area contributed by atoms with Crippen LogP contribution in [0.1, 0.15) is 18.5 Å². The predicted octanol–water partition coefficient (Wildman–Crippen LogP) is 2.07. The number of nitrogens with zero attached hydrogens (tertiary/aromatic N) is 6. The normalized spacial score (nSPS) is 16.8. The molecule has 0 amide bonds. The molecule has 1 aliphatic heterocycles. The van der Waals surface area contributed by atoms with E-state index in [0.29, 0.717) is 6.54 Å². The van der Waals surface area contributed by atoms with Crippen LogP contribution in [-0.2, 0) is 6.54 Å². The van der Waals surface area contributed by atoms with Crippen molar-refractivity contribution in [2.24, 2.45) is 0 Å². The Hall–Kier alpha value is -3.09. The quantitative estimate of drug-likeness (QED) is 0.718. The minimum absolute atomic E-state index is 0.0893. The van der Waals surface area contributed by atoms with E-state index >= 15 is 0 Å². The van der Waals surface area contributed by atoms with E-state index in [-0.39, 0.29) is 11.6 Å². The summed E-state index contributed by atoms with van der Waals surface area (Å²) in [6, 6.07) is 9.31. The molecule has 4 heterocycles. The summed E-state index contributed by atoms with van der Waals surface area (Å²) in [7, 11) is 0. The van der Waals surface area contributed by atoms with Gasteiger partial charge in [0.05, 0.1) is 18.3 Å². The van der Waals surface area contributed by atoms with E-state index in [1.54, 1.807) is 35.5 Å². The van der Waals surface area contributed by atoms with Crippen molar-refractivity contribution < 1.29 is 0 Å². The molecule has 0 bridgehead atoms. The zero-order valence-corrected chi connectivity index (χ0v) is 14.6. The zero-order chi connectivity index (χ0) is 17.9. The Bertz CT molecular complexity index is 955. The fourth-order valence-corrected chi connectivity index (χ4v) is 3.38. The molecule has 1 saturated heterocycles. The van der Waals surface area contributed by atoms with Crippen LogP contribution in [0.5, 0.6) is 0 Å². The molecule has 7 heteroatoms. The molecule has 1 unspecified atom stereocenters. The lowest BCUT2D eigenvalue weighted by Gasteiger charge is -2.26. The van der Waals surface area contributed by atoms with Gasteiger partial charge in [-0.05, 0) is 38.0 Å². The first kappa shape index (κ1) is 16.4. The molecule has 0 radical (unpaired) electrons. The van der Waals surface area contributed by atoms with Gasteiger partial charge in [-0.1, -0.05) is 0 Å². The van der Waals surface area contributed by atoms with Crippen LogP contribution in [0, 0.1) is 6.92 Å². The van der Waals surface area contributed by atoms with Crippen LogP contribution in [-0.4, -0.2) is 37.3 Å². The van der Waals surface area contributed by atoms with E-state index in [9.17, 15) is 4.79 Å². The molecule has 0 aromatic carbocycles. The Morgan fingerprint density at radius 1 is 1.15 bits per heavy atom. The molecule has 4 rings (SSSR count). The molecule has 1 aliphatic rings. The minimum atomic E-state index is -0.0893. The van der Waals surface area contributed by atoms with Crippen LogP contribution in [0.3, 0.4) is 0 Å². The maximum Gasteiger partial charge on any atom is 0.266 e. The second-order valence-corrected chi connectivity index (χ2v) is 6.48. The lowest BCUT2D eigenvalue weighted by Crippen LogP contribution is -2.37. The number of aromatic nitrogens is 5. The average molecular weight is 348 g/mol. The summed E-state index contributed by atoms with van der Waals surface area (Å²) in [4.78, 5) is 27.2. The third-order valence-corrected chi connectivity index (χ3v) is 4.69. The number of aryl methyl sites for hydroxylation is 1. The van der Waals surface area contributed by atoms with Gasteiger partial charge in [-0.25, -0.2) is 14.6 Å². The molecule has 132 valence electrons. The fourth-order valence-electron chi connectivity index (χ4n) is 3.38. The van der Waals surface area contributed by atoms with Crippen molar-refractivity contribution in [1.29, 1.82) is 0 Å². The van der Waals surface area contributed by atoms with Crippen LogP contribution in [0.2, 0.25) is 0 Å². The predicted molar refractivity (Wildman–Crippen MR) is 98.9 cm³/mol. The van der Waals surface area contributed by atoms with Gasteiger partial charge in [0, 0.05) is 42.3 Å². The highest BCUT2D eigenvalue weighted by Crippen LogP contribution is 2.24. The van der Waals surface area contributed by atoms with E-state index in [0.717, 1.165) is 42.2 Å². The van der Waals surface area contributed by atoms with Gasteiger partial charge in [0.2, 0.25) is 0 Å². The van der Waals surface area contributed by atoms with Gasteiger partial charge in [-0.15, -0.1) is 0 Å². The van der Waals surface area contributed by atoms with E-state index in [2.05, 4.69) is 25.0 Å². The summed E-state index contributed by atoms with van der Waals surface area (Å²) >= 11 is 0. The number of anilines is 1. The molecular weight excluding hydrogens is 328 g/mol. The van der Waals surface area contributed by atoms with E-state index in [1.165, 1.54) is 0 Å². The summed E-state index contributed by atoms with van der Waals surface area (Å²) in [5, 5.41) is 4.57. The highest BCUT2D eigenvalue weighted by molar-refractivity contribution is 5.57. The van der Waals surface area contributed by atoms with Crippen molar-refractivity contribution >= 4 is 5.82 Å². The van der Waals surface area contributed by atoms with Gasteiger partial charge >= 0.3 is 0 Å². The first-order chi connectivity index (χ1) is 12.7. The molecule has 3 aromatic heterocycles. The molecule has 3 aromatic rings. The lowest BCUT2D eigenvalue weighted by atomic mass is 10.2. The van der Waals surface area contributed by atoms with E-state index in [1.807, 2.05) is 25.1 Å². The lowest BCUT2D eigenvalue weighted by molar-refractivity contribution is 0.488. The van der Waals surface area contributed by atoms with Crippen molar-refractivity contribution in [3.63, 3.8) is 0 Å².